The molecule has 1 saturated heterocycles. The Bertz CT molecular complexity index is 901. The van der Waals surface area contributed by atoms with Gasteiger partial charge in [-0.15, -0.1) is 0 Å². The van der Waals surface area contributed by atoms with Gasteiger partial charge >= 0.3 is 0 Å². The minimum absolute atomic E-state index is 0.00432. The molecule has 0 radical (unpaired) electrons. The van der Waals surface area contributed by atoms with Crippen molar-refractivity contribution in [2.24, 2.45) is 0 Å². The number of hydrogen-bond donors (Lipinski definition) is 2. The molecule has 3 rings (SSSR count). The van der Waals surface area contributed by atoms with E-state index in [0.29, 0.717) is 30.4 Å². The molecule has 1 fully saturated rings. The highest BCUT2D eigenvalue weighted by atomic mass is 19.1. The molecule has 0 atom stereocenters. The summed E-state index contributed by atoms with van der Waals surface area (Å²) < 4.78 is 13.4. The molecule has 3 amide bonds. The first-order valence-electron chi connectivity index (χ1n) is 9.40. The maximum atomic E-state index is 13.4. The molecule has 2 aliphatic heterocycles. The fraction of sp³-hybridized carbons (Fsp3) is 0.333. The highest BCUT2D eigenvalue weighted by molar-refractivity contribution is 6.22. The number of imide groups is 1. The van der Waals surface area contributed by atoms with Crippen LogP contribution in [0.1, 0.15) is 41.0 Å². The van der Waals surface area contributed by atoms with Gasteiger partial charge in [0.2, 0.25) is 0 Å². The van der Waals surface area contributed by atoms with Crippen LogP contribution in [-0.2, 0) is 4.79 Å². The first kappa shape index (κ1) is 20.4. The van der Waals surface area contributed by atoms with Crippen molar-refractivity contribution in [3.05, 3.63) is 59.1 Å². The van der Waals surface area contributed by atoms with E-state index in [9.17, 15) is 18.8 Å². The third-order valence-corrected chi connectivity index (χ3v) is 5.01. The van der Waals surface area contributed by atoms with Gasteiger partial charge < -0.3 is 15.6 Å². The fourth-order valence-corrected chi connectivity index (χ4v) is 3.39. The van der Waals surface area contributed by atoms with Crippen molar-refractivity contribution in [1.82, 2.24) is 15.1 Å². The van der Waals surface area contributed by atoms with E-state index in [4.69, 9.17) is 5.41 Å². The number of amides is 3. The second-order valence-electron chi connectivity index (χ2n) is 7.27. The third-order valence-electron chi connectivity index (χ3n) is 5.01. The SMILES string of the molecule is CC(C)N1CCC(=N)/C(=C\NC/C(=C/F)CN2C(=O)c3ccccc3C2=O)C1=O. The van der Waals surface area contributed by atoms with Gasteiger partial charge in [-0.3, -0.25) is 19.3 Å². The average Bonchev–Trinajstić information content (AvgIpc) is 2.94. The van der Waals surface area contributed by atoms with E-state index in [2.05, 4.69) is 5.32 Å². The molecular weight excluding hydrogens is 375 g/mol. The first-order valence-corrected chi connectivity index (χ1v) is 9.40. The van der Waals surface area contributed by atoms with E-state index in [1.807, 2.05) is 13.8 Å². The predicted octanol–water partition coefficient (Wildman–Crippen LogP) is 2.27. The quantitative estimate of drug-likeness (QED) is 0.568. The van der Waals surface area contributed by atoms with E-state index in [-0.39, 0.29) is 41.9 Å². The molecule has 0 unspecified atom stereocenters. The zero-order chi connectivity index (χ0) is 21.1. The molecule has 0 bridgehead atoms. The molecule has 7 nitrogen and oxygen atoms in total. The van der Waals surface area contributed by atoms with Gasteiger partial charge in [0.05, 0.1) is 29.6 Å². The Kier molecular flexibility index (Phi) is 5.91. The Morgan fingerprint density at radius 2 is 1.79 bits per heavy atom. The number of hydrogen-bond acceptors (Lipinski definition) is 5. The van der Waals surface area contributed by atoms with Crippen LogP contribution in [0.15, 0.2) is 47.9 Å². The van der Waals surface area contributed by atoms with E-state index < -0.39 is 11.8 Å². The molecule has 2 N–H and O–H groups in total. The van der Waals surface area contributed by atoms with Gasteiger partial charge in [0.15, 0.2) is 0 Å². The maximum absolute atomic E-state index is 13.4. The van der Waals surface area contributed by atoms with Gasteiger partial charge in [-0.25, -0.2) is 4.39 Å². The number of rotatable bonds is 6. The lowest BCUT2D eigenvalue weighted by Gasteiger charge is -2.32. The summed E-state index contributed by atoms with van der Waals surface area (Å²) in [6, 6.07) is 6.50. The number of piperidine rings is 1. The molecule has 0 spiro atoms. The highest BCUT2D eigenvalue weighted by Crippen LogP contribution is 2.23. The third kappa shape index (κ3) is 3.96. The highest BCUT2D eigenvalue weighted by Gasteiger charge is 2.35. The zero-order valence-electron chi connectivity index (χ0n) is 16.4. The molecule has 29 heavy (non-hydrogen) atoms. The average molecular weight is 398 g/mol. The second-order valence-corrected chi connectivity index (χ2v) is 7.27. The fourth-order valence-electron chi connectivity index (χ4n) is 3.39. The lowest BCUT2D eigenvalue weighted by molar-refractivity contribution is -0.128. The van der Waals surface area contributed by atoms with E-state index in [1.54, 1.807) is 29.2 Å². The van der Waals surface area contributed by atoms with Crippen molar-refractivity contribution in [3.63, 3.8) is 0 Å². The van der Waals surface area contributed by atoms with Gasteiger partial charge in [-0.2, -0.15) is 0 Å². The van der Waals surface area contributed by atoms with Crippen molar-refractivity contribution >= 4 is 23.4 Å². The first-order chi connectivity index (χ1) is 13.8. The van der Waals surface area contributed by atoms with Crippen LogP contribution in [0.4, 0.5) is 4.39 Å². The number of nitrogens with zero attached hydrogens (tertiary/aromatic N) is 2. The van der Waals surface area contributed by atoms with Crippen LogP contribution in [0, 0.1) is 5.41 Å². The predicted molar refractivity (Wildman–Crippen MR) is 106 cm³/mol. The van der Waals surface area contributed by atoms with Crippen LogP contribution in [0.2, 0.25) is 0 Å². The van der Waals surface area contributed by atoms with Gasteiger partial charge in [-0.1, -0.05) is 12.1 Å². The molecule has 1 aromatic carbocycles. The summed E-state index contributed by atoms with van der Waals surface area (Å²) in [5.74, 6) is -1.16. The molecule has 0 aromatic heterocycles. The summed E-state index contributed by atoms with van der Waals surface area (Å²) in [5, 5.41) is 10.8. The molecule has 2 aliphatic rings. The Labute approximate surface area is 168 Å². The Morgan fingerprint density at radius 1 is 1.17 bits per heavy atom. The molecular formula is C21H23FN4O3. The largest absolute Gasteiger partial charge is 0.386 e. The van der Waals surface area contributed by atoms with E-state index in [0.717, 1.165) is 4.90 Å². The number of halogens is 1. The summed E-state index contributed by atoms with van der Waals surface area (Å²) in [6.07, 6.45) is 2.22. The monoisotopic (exact) mass is 398 g/mol. The molecule has 8 heteroatoms. The van der Waals surface area contributed by atoms with Crippen molar-refractivity contribution in [2.75, 3.05) is 19.6 Å². The normalized spacial score (nSPS) is 18.9. The number of benzene rings is 1. The van der Waals surface area contributed by atoms with E-state index >= 15 is 0 Å². The zero-order valence-corrected chi connectivity index (χ0v) is 16.4. The van der Waals surface area contributed by atoms with Crippen molar-refractivity contribution < 1.29 is 18.8 Å². The minimum Gasteiger partial charge on any atom is -0.386 e. The van der Waals surface area contributed by atoms with Crippen molar-refractivity contribution in [3.8, 4) is 0 Å². The summed E-state index contributed by atoms with van der Waals surface area (Å²) in [7, 11) is 0. The van der Waals surface area contributed by atoms with Crippen LogP contribution in [0.25, 0.3) is 0 Å². The Morgan fingerprint density at radius 3 is 2.34 bits per heavy atom. The maximum Gasteiger partial charge on any atom is 0.261 e. The van der Waals surface area contributed by atoms with Gasteiger partial charge in [0.25, 0.3) is 17.7 Å². The summed E-state index contributed by atoms with van der Waals surface area (Å²) in [4.78, 5) is 40.0. The molecule has 2 heterocycles. The van der Waals surface area contributed by atoms with Gasteiger partial charge in [0, 0.05) is 37.5 Å². The number of carbonyl (C=O) groups excluding carboxylic acids is 3. The van der Waals surface area contributed by atoms with Crippen LogP contribution in [0.3, 0.4) is 0 Å². The standard InChI is InChI=1S/C21H23FN4O3/c1-13(2)25-8-7-18(23)17(21(25)29)11-24-10-14(9-22)12-26-19(27)15-5-3-4-6-16(15)20(26)28/h3-6,9,11,13,23-24H,7-8,10,12H2,1-2H3/b14-9-,17-11+,23-18?. The molecule has 152 valence electrons. The van der Waals surface area contributed by atoms with Crippen LogP contribution < -0.4 is 5.32 Å². The number of carbonyl (C=O) groups is 3. The Balaban J connectivity index is 1.65. The van der Waals surface area contributed by atoms with Crippen LogP contribution >= 0.6 is 0 Å². The molecule has 0 aliphatic carbocycles. The van der Waals surface area contributed by atoms with E-state index in [1.165, 1.54) is 6.20 Å². The van der Waals surface area contributed by atoms with Gasteiger partial charge in [-0.05, 0) is 31.6 Å². The van der Waals surface area contributed by atoms with Crippen molar-refractivity contribution in [2.45, 2.75) is 26.3 Å². The van der Waals surface area contributed by atoms with Crippen LogP contribution in [0.5, 0.6) is 0 Å². The van der Waals surface area contributed by atoms with Crippen molar-refractivity contribution in [1.29, 1.82) is 5.41 Å². The van der Waals surface area contributed by atoms with Crippen LogP contribution in [-0.4, -0.2) is 58.9 Å². The topological polar surface area (TPSA) is 93.6 Å². The molecule has 1 aromatic rings. The number of nitrogens with one attached hydrogen (secondary N) is 2. The lowest BCUT2D eigenvalue weighted by Crippen LogP contribution is -2.45. The smallest absolute Gasteiger partial charge is 0.261 e. The number of fused-ring (bicyclic) bond motifs is 1. The summed E-state index contributed by atoms with van der Waals surface area (Å²) in [5.41, 5.74) is 1.25. The summed E-state index contributed by atoms with van der Waals surface area (Å²) >= 11 is 0. The summed E-state index contributed by atoms with van der Waals surface area (Å²) in [6.45, 7) is 4.12. The lowest BCUT2D eigenvalue weighted by atomic mass is 10.0. The number of likely N-dealkylation sites (tertiary alicyclic amines) is 1. The van der Waals surface area contributed by atoms with Gasteiger partial charge in [0.1, 0.15) is 0 Å². The Hall–Kier alpha value is -3.29. The second kappa shape index (κ2) is 8.38. The molecule has 0 saturated carbocycles. The minimum atomic E-state index is -0.458.